The van der Waals surface area contributed by atoms with Gasteiger partial charge in [0.15, 0.2) is 5.65 Å². The van der Waals surface area contributed by atoms with E-state index >= 15 is 0 Å². The van der Waals surface area contributed by atoms with Crippen LogP contribution in [0.5, 0.6) is 5.75 Å². The summed E-state index contributed by atoms with van der Waals surface area (Å²) >= 11 is 0. The van der Waals surface area contributed by atoms with Crippen LogP contribution in [0.2, 0.25) is 0 Å². The number of rotatable bonds is 4. The highest BCUT2D eigenvalue weighted by Crippen LogP contribution is 2.27. The Bertz CT molecular complexity index is 1030. The maximum Gasteiger partial charge on any atom is 0.290 e. The predicted octanol–water partition coefficient (Wildman–Crippen LogP) is 3.98. The van der Waals surface area contributed by atoms with Crippen molar-refractivity contribution < 1.29 is 14.6 Å². The average molecular weight is 361 g/mol. The Morgan fingerprint density at radius 2 is 1.89 bits per heavy atom. The Balaban J connectivity index is 0.000000659. The molecule has 0 saturated heterocycles. The highest BCUT2D eigenvalue weighted by molar-refractivity contribution is 5.70. The number of pyridine rings is 1. The fraction of sp³-hybridized carbons (Fsp3) is 0.0952. The van der Waals surface area contributed by atoms with Crippen LogP contribution in [-0.4, -0.2) is 26.2 Å². The largest absolute Gasteiger partial charge is 0.489 e. The summed E-state index contributed by atoms with van der Waals surface area (Å²) in [6, 6.07) is 20.5. The third-order valence-electron chi connectivity index (χ3n) is 4.04. The standard InChI is InChI=1S/C20H17N3O.CH2O2/c1-15-11-18(24-13-16-5-3-2-4-6-16)7-8-19(15)17-9-10-23-20(12-17)21-14-22-23;2-1-3/h2-12,14H,13H2,1H3;1H,(H,2,3). The molecule has 2 aromatic heterocycles. The molecule has 0 aliphatic heterocycles. The van der Waals surface area contributed by atoms with E-state index in [0.717, 1.165) is 22.5 Å². The minimum atomic E-state index is -0.250. The van der Waals surface area contributed by atoms with Gasteiger partial charge in [-0.3, -0.25) is 4.79 Å². The topological polar surface area (TPSA) is 76.7 Å². The van der Waals surface area contributed by atoms with E-state index in [1.54, 1.807) is 10.8 Å². The molecule has 0 saturated carbocycles. The molecule has 1 N–H and O–H groups in total. The van der Waals surface area contributed by atoms with Crippen LogP contribution < -0.4 is 4.74 Å². The van der Waals surface area contributed by atoms with Gasteiger partial charge in [-0.1, -0.05) is 36.4 Å². The van der Waals surface area contributed by atoms with Crippen LogP contribution in [0.15, 0.2) is 73.2 Å². The lowest BCUT2D eigenvalue weighted by Gasteiger charge is -2.11. The molecule has 27 heavy (non-hydrogen) atoms. The van der Waals surface area contributed by atoms with E-state index in [2.05, 4.69) is 47.3 Å². The normalized spacial score (nSPS) is 10.1. The molecule has 4 rings (SSSR count). The quantitative estimate of drug-likeness (QED) is 0.556. The second-order valence-electron chi connectivity index (χ2n) is 5.83. The zero-order valence-electron chi connectivity index (χ0n) is 14.8. The molecule has 0 aliphatic carbocycles. The van der Waals surface area contributed by atoms with Crippen molar-refractivity contribution in [1.29, 1.82) is 0 Å². The predicted molar refractivity (Wildman–Crippen MR) is 103 cm³/mol. The number of fused-ring (bicyclic) bond motifs is 1. The molecule has 0 fully saturated rings. The van der Waals surface area contributed by atoms with E-state index < -0.39 is 0 Å². The van der Waals surface area contributed by atoms with Crippen molar-refractivity contribution in [1.82, 2.24) is 14.6 Å². The Kier molecular flexibility index (Phi) is 5.79. The molecule has 2 aromatic carbocycles. The number of ether oxygens (including phenoxy) is 1. The molecule has 136 valence electrons. The van der Waals surface area contributed by atoms with Crippen LogP contribution in [0.25, 0.3) is 16.8 Å². The zero-order valence-corrected chi connectivity index (χ0v) is 14.8. The molecule has 0 unspecified atom stereocenters. The van der Waals surface area contributed by atoms with Crippen molar-refractivity contribution in [3.05, 3.63) is 84.3 Å². The molecule has 0 atom stereocenters. The van der Waals surface area contributed by atoms with Crippen molar-refractivity contribution in [2.75, 3.05) is 0 Å². The van der Waals surface area contributed by atoms with Gasteiger partial charge in [-0.05, 0) is 53.4 Å². The van der Waals surface area contributed by atoms with Crippen molar-refractivity contribution >= 4 is 12.1 Å². The first kappa shape index (κ1) is 18.1. The first-order valence-corrected chi connectivity index (χ1v) is 8.36. The Morgan fingerprint density at radius 1 is 1.11 bits per heavy atom. The first-order chi connectivity index (χ1) is 13.2. The van der Waals surface area contributed by atoms with Crippen molar-refractivity contribution in [2.24, 2.45) is 0 Å². The number of benzene rings is 2. The molecule has 6 nitrogen and oxygen atoms in total. The first-order valence-electron chi connectivity index (χ1n) is 8.36. The highest BCUT2D eigenvalue weighted by Gasteiger charge is 2.06. The second-order valence-corrected chi connectivity index (χ2v) is 5.83. The second kappa shape index (κ2) is 8.62. The molecular formula is C21H19N3O3. The van der Waals surface area contributed by atoms with Crippen molar-refractivity contribution in [3.63, 3.8) is 0 Å². The third kappa shape index (κ3) is 4.49. The third-order valence-corrected chi connectivity index (χ3v) is 4.04. The summed E-state index contributed by atoms with van der Waals surface area (Å²) in [5.74, 6) is 0.878. The van der Waals surface area contributed by atoms with E-state index in [0.29, 0.717) is 6.61 Å². The van der Waals surface area contributed by atoms with Gasteiger partial charge in [0, 0.05) is 6.20 Å². The summed E-state index contributed by atoms with van der Waals surface area (Å²) in [4.78, 5) is 12.6. The number of aryl methyl sites for hydroxylation is 1. The molecule has 0 aliphatic rings. The van der Waals surface area contributed by atoms with Gasteiger partial charge in [-0.2, -0.15) is 5.10 Å². The summed E-state index contributed by atoms with van der Waals surface area (Å²) < 4.78 is 7.66. The van der Waals surface area contributed by atoms with Gasteiger partial charge >= 0.3 is 0 Å². The van der Waals surface area contributed by atoms with E-state index in [4.69, 9.17) is 14.6 Å². The summed E-state index contributed by atoms with van der Waals surface area (Å²) in [6.45, 7) is 2.42. The smallest absolute Gasteiger partial charge is 0.290 e. The molecule has 0 spiro atoms. The molecule has 2 heterocycles. The number of carbonyl (C=O) groups is 1. The number of nitrogens with zero attached hydrogens (tertiary/aromatic N) is 3. The molecule has 0 amide bonds. The Hall–Kier alpha value is -3.67. The molecule has 4 aromatic rings. The number of aromatic nitrogens is 3. The van der Waals surface area contributed by atoms with Crippen molar-refractivity contribution in [3.8, 4) is 16.9 Å². The van der Waals surface area contributed by atoms with Crippen LogP contribution in [0.4, 0.5) is 0 Å². The van der Waals surface area contributed by atoms with Crippen LogP contribution in [0, 0.1) is 6.92 Å². The van der Waals surface area contributed by atoms with Crippen LogP contribution in [-0.2, 0) is 11.4 Å². The minimum Gasteiger partial charge on any atom is -0.489 e. The summed E-state index contributed by atoms with van der Waals surface area (Å²) in [7, 11) is 0. The number of hydrogen-bond donors (Lipinski definition) is 1. The van der Waals surface area contributed by atoms with E-state index in [-0.39, 0.29) is 6.47 Å². The summed E-state index contributed by atoms with van der Waals surface area (Å²) in [5, 5.41) is 11.0. The zero-order chi connectivity index (χ0) is 19.1. The maximum absolute atomic E-state index is 8.36. The molecular weight excluding hydrogens is 342 g/mol. The van der Waals surface area contributed by atoms with Gasteiger partial charge in [-0.25, -0.2) is 9.50 Å². The number of hydrogen-bond acceptors (Lipinski definition) is 4. The lowest BCUT2D eigenvalue weighted by molar-refractivity contribution is -0.122. The van der Waals surface area contributed by atoms with Crippen LogP contribution >= 0.6 is 0 Å². The maximum atomic E-state index is 8.36. The SMILES string of the molecule is Cc1cc(OCc2ccccc2)ccc1-c1ccn2ncnc2c1.O=CO. The fourth-order valence-corrected chi connectivity index (χ4v) is 2.77. The average Bonchev–Trinajstić information content (AvgIpc) is 3.16. The van der Waals surface area contributed by atoms with Crippen LogP contribution in [0.1, 0.15) is 11.1 Å². The molecule has 0 bridgehead atoms. The van der Waals surface area contributed by atoms with Gasteiger partial charge in [-0.15, -0.1) is 0 Å². The Morgan fingerprint density at radius 3 is 2.63 bits per heavy atom. The van der Waals surface area contributed by atoms with Gasteiger partial charge in [0.25, 0.3) is 6.47 Å². The van der Waals surface area contributed by atoms with Crippen LogP contribution in [0.3, 0.4) is 0 Å². The van der Waals surface area contributed by atoms with Crippen molar-refractivity contribution in [2.45, 2.75) is 13.5 Å². The minimum absolute atomic E-state index is 0.250. The molecule has 6 heteroatoms. The highest BCUT2D eigenvalue weighted by atomic mass is 16.5. The lowest BCUT2D eigenvalue weighted by atomic mass is 10.0. The van der Waals surface area contributed by atoms with Gasteiger partial charge in [0.2, 0.25) is 0 Å². The number of carboxylic acid groups (broad SMARTS) is 1. The fourth-order valence-electron chi connectivity index (χ4n) is 2.77. The lowest BCUT2D eigenvalue weighted by Crippen LogP contribution is -1.96. The summed E-state index contributed by atoms with van der Waals surface area (Å²) in [6.07, 6.45) is 3.49. The van der Waals surface area contributed by atoms with Gasteiger partial charge in [0.05, 0.1) is 0 Å². The summed E-state index contributed by atoms with van der Waals surface area (Å²) in [5.41, 5.74) is 5.48. The molecule has 0 radical (unpaired) electrons. The Labute approximate surface area is 156 Å². The van der Waals surface area contributed by atoms with E-state index in [9.17, 15) is 0 Å². The van der Waals surface area contributed by atoms with E-state index in [1.165, 1.54) is 11.1 Å². The monoisotopic (exact) mass is 361 g/mol. The van der Waals surface area contributed by atoms with Gasteiger partial charge in [0.1, 0.15) is 18.7 Å². The van der Waals surface area contributed by atoms with E-state index in [1.807, 2.05) is 36.5 Å². The van der Waals surface area contributed by atoms with Gasteiger partial charge < -0.3 is 9.84 Å².